The van der Waals surface area contributed by atoms with E-state index >= 15 is 0 Å². The third kappa shape index (κ3) is 3.15. The molecule has 0 fully saturated rings. The molecule has 0 atom stereocenters. The summed E-state index contributed by atoms with van der Waals surface area (Å²) in [7, 11) is 2.21. The number of hydrogen-bond donors (Lipinski definition) is 0. The molecule has 3 aromatic heterocycles. The van der Waals surface area contributed by atoms with Crippen LogP contribution in [0.2, 0.25) is 0 Å². The molecule has 3 nitrogen and oxygen atoms in total. The Morgan fingerprint density at radius 1 is 0.828 bits per heavy atom. The molecule has 3 heteroatoms. The summed E-state index contributed by atoms with van der Waals surface area (Å²) in [4.78, 5) is 5.15. The van der Waals surface area contributed by atoms with Gasteiger partial charge in [-0.1, -0.05) is 59.1 Å². The molecule has 0 bridgehead atoms. The summed E-state index contributed by atoms with van der Waals surface area (Å²) in [5, 5.41) is 3.91. The Bertz CT molecular complexity index is 1160. The van der Waals surface area contributed by atoms with Crippen molar-refractivity contribution >= 4 is 32.9 Å². The number of pyridine rings is 1. The van der Waals surface area contributed by atoms with Gasteiger partial charge in [0.25, 0.3) is 0 Å². The molecule has 0 saturated carbocycles. The van der Waals surface area contributed by atoms with E-state index in [9.17, 15) is 0 Å². The van der Waals surface area contributed by atoms with E-state index < -0.39 is 0 Å². The zero-order valence-corrected chi connectivity index (χ0v) is 18.7. The van der Waals surface area contributed by atoms with Crippen LogP contribution in [-0.4, -0.2) is 9.55 Å². The van der Waals surface area contributed by atoms with Gasteiger partial charge in [0.1, 0.15) is 5.76 Å². The van der Waals surface area contributed by atoms with Crippen LogP contribution in [0, 0.1) is 0 Å². The van der Waals surface area contributed by atoms with Gasteiger partial charge < -0.3 is 8.98 Å². The Labute approximate surface area is 174 Å². The highest BCUT2D eigenvalue weighted by atomic mass is 16.3. The van der Waals surface area contributed by atoms with Crippen LogP contribution >= 0.6 is 0 Å². The van der Waals surface area contributed by atoms with Crippen molar-refractivity contribution in [3.8, 4) is 0 Å². The first-order valence-electron chi connectivity index (χ1n) is 11.5. The van der Waals surface area contributed by atoms with E-state index in [1.54, 1.807) is 0 Å². The maximum atomic E-state index is 6.67. The van der Waals surface area contributed by atoms with E-state index in [0.29, 0.717) is 0 Å². The first-order valence-corrected chi connectivity index (χ1v) is 11.5. The highest BCUT2D eigenvalue weighted by Crippen LogP contribution is 2.40. The van der Waals surface area contributed by atoms with E-state index in [2.05, 4.69) is 57.5 Å². The maximum absolute atomic E-state index is 6.67. The van der Waals surface area contributed by atoms with Crippen LogP contribution in [-0.2, 0) is 32.7 Å². The van der Waals surface area contributed by atoms with Gasteiger partial charge in [0.05, 0.1) is 10.9 Å². The highest BCUT2D eigenvalue weighted by molar-refractivity contribution is 6.22. The van der Waals surface area contributed by atoms with E-state index in [0.717, 1.165) is 62.8 Å². The predicted molar refractivity (Wildman–Crippen MR) is 124 cm³/mol. The Kier molecular flexibility index (Phi) is 5.67. The molecule has 1 aromatic carbocycles. The molecule has 4 aromatic rings. The number of nitrogens with zero attached hydrogens (tertiary/aromatic N) is 2. The smallest absolute Gasteiger partial charge is 0.229 e. The summed E-state index contributed by atoms with van der Waals surface area (Å²) in [6, 6.07) is 6.76. The Morgan fingerprint density at radius 2 is 1.52 bits per heavy atom. The van der Waals surface area contributed by atoms with Crippen molar-refractivity contribution in [3.63, 3.8) is 0 Å². The van der Waals surface area contributed by atoms with Gasteiger partial charge in [-0.2, -0.15) is 0 Å². The molecule has 0 aliphatic carbocycles. The van der Waals surface area contributed by atoms with Crippen LogP contribution < -0.4 is 0 Å². The molecular formula is C26H34N2O. The Hall–Kier alpha value is -2.29. The highest BCUT2D eigenvalue weighted by Gasteiger charge is 2.23. The number of rotatable bonds is 8. The molecule has 0 N–H and O–H groups in total. The molecule has 0 radical (unpaired) electrons. The third-order valence-electron chi connectivity index (χ3n) is 6.16. The van der Waals surface area contributed by atoms with Gasteiger partial charge in [-0.05, 0) is 48.3 Å². The average Bonchev–Trinajstić information content (AvgIpc) is 2.95. The molecule has 0 spiro atoms. The lowest BCUT2D eigenvalue weighted by molar-refractivity contribution is 0.516. The first kappa shape index (κ1) is 20.0. The SMILES string of the molecule is CCCc1nc2oc(CCC)c(CCC)c3cccc4c3c2c(c1CCC)n4C. The van der Waals surface area contributed by atoms with Gasteiger partial charge in [0.15, 0.2) is 0 Å². The number of aromatic nitrogens is 2. The molecule has 0 aliphatic heterocycles. The van der Waals surface area contributed by atoms with E-state index in [1.807, 2.05) is 0 Å². The summed E-state index contributed by atoms with van der Waals surface area (Å²) in [6.45, 7) is 8.99. The zero-order chi connectivity index (χ0) is 20.5. The second-order valence-electron chi connectivity index (χ2n) is 8.33. The fourth-order valence-corrected chi connectivity index (χ4v) is 5.00. The van der Waals surface area contributed by atoms with Crippen molar-refractivity contribution < 1.29 is 4.42 Å². The molecule has 0 unspecified atom stereocenters. The van der Waals surface area contributed by atoms with E-state index in [1.165, 1.54) is 44.0 Å². The minimum Gasteiger partial charge on any atom is -0.442 e. The van der Waals surface area contributed by atoms with Crippen molar-refractivity contribution in [1.29, 1.82) is 0 Å². The summed E-state index contributed by atoms with van der Waals surface area (Å²) in [6.07, 6.45) is 8.50. The Morgan fingerprint density at radius 3 is 2.21 bits per heavy atom. The first-order chi connectivity index (χ1) is 14.2. The van der Waals surface area contributed by atoms with E-state index in [-0.39, 0.29) is 0 Å². The summed E-state index contributed by atoms with van der Waals surface area (Å²) in [5.41, 5.74) is 7.46. The number of hydrogen-bond acceptors (Lipinski definition) is 2. The second-order valence-corrected chi connectivity index (χ2v) is 8.33. The summed E-state index contributed by atoms with van der Waals surface area (Å²) in [5.74, 6) is 1.13. The minimum atomic E-state index is 0.830. The quantitative estimate of drug-likeness (QED) is 0.316. The second kappa shape index (κ2) is 8.22. The number of aryl methyl sites for hydroxylation is 5. The fourth-order valence-electron chi connectivity index (χ4n) is 5.00. The molecule has 3 heterocycles. The van der Waals surface area contributed by atoms with Gasteiger partial charge in [-0.3, -0.25) is 0 Å². The average molecular weight is 391 g/mol. The normalized spacial score (nSPS) is 12.0. The van der Waals surface area contributed by atoms with Crippen LogP contribution in [0.15, 0.2) is 22.6 Å². The predicted octanol–water partition coefficient (Wildman–Crippen LogP) is 7.28. The van der Waals surface area contributed by atoms with Crippen molar-refractivity contribution in [2.45, 2.75) is 79.1 Å². The van der Waals surface area contributed by atoms with Crippen molar-refractivity contribution in [2.75, 3.05) is 0 Å². The van der Waals surface area contributed by atoms with Crippen molar-refractivity contribution in [3.05, 3.63) is 40.8 Å². The fraction of sp³-hybridized carbons (Fsp3) is 0.500. The van der Waals surface area contributed by atoms with Gasteiger partial charge in [-0.25, -0.2) is 4.98 Å². The van der Waals surface area contributed by atoms with Crippen molar-refractivity contribution in [2.24, 2.45) is 7.05 Å². The molecule has 154 valence electrons. The Balaban J connectivity index is 2.27. The third-order valence-corrected chi connectivity index (χ3v) is 6.16. The van der Waals surface area contributed by atoms with Gasteiger partial charge in [0.2, 0.25) is 5.71 Å². The minimum absolute atomic E-state index is 0.830. The molecule has 29 heavy (non-hydrogen) atoms. The molecule has 0 saturated heterocycles. The molecule has 0 aliphatic rings. The summed E-state index contributed by atoms with van der Waals surface area (Å²) >= 11 is 0. The van der Waals surface area contributed by atoms with Crippen LogP contribution in [0.5, 0.6) is 0 Å². The van der Waals surface area contributed by atoms with Crippen LogP contribution in [0.1, 0.15) is 76.0 Å². The lowest BCUT2D eigenvalue weighted by Crippen LogP contribution is -2.02. The van der Waals surface area contributed by atoms with Gasteiger partial charge >= 0.3 is 0 Å². The largest absolute Gasteiger partial charge is 0.442 e. The molecule has 4 rings (SSSR count). The monoisotopic (exact) mass is 390 g/mol. The number of benzene rings is 1. The van der Waals surface area contributed by atoms with Gasteiger partial charge in [-0.15, -0.1) is 0 Å². The lowest BCUT2D eigenvalue weighted by atomic mass is 9.98. The molecule has 0 amide bonds. The standard InChI is InChI=1S/C26H34N2O/c1-6-11-17-18-15-10-16-21-23(18)24-25(28(21)5)19(12-7-2)20(13-8-3)27-26(24)29-22(17)14-9-4/h10,15-16H,6-9,11-14H2,1-5H3. The summed E-state index contributed by atoms with van der Waals surface area (Å²) < 4.78 is 9.06. The maximum Gasteiger partial charge on any atom is 0.229 e. The molecular weight excluding hydrogens is 356 g/mol. The van der Waals surface area contributed by atoms with Crippen molar-refractivity contribution in [1.82, 2.24) is 9.55 Å². The van der Waals surface area contributed by atoms with E-state index in [4.69, 9.17) is 9.40 Å². The van der Waals surface area contributed by atoms with Crippen LogP contribution in [0.4, 0.5) is 0 Å². The topological polar surface area (TPSA) is 31.0 Å². The van der Waals surface area contributed by atoms with Gasteiger partial charge in [0, 0.05) is 30.1 Å². The zero-order valence-electron chi connectivity index (χ0n) is 18.7. The van der Waals surface area contributed by atoms with Crippen LogP contribution in [0.25, 0.3) is 32.9 Å². The lowest BCUT2D eigenvalue weighted by Gasteiger charge is -2.12. The van der Waals surface area contributed by atoms with Crippen LogP contribution in [0.3, 0.4) is 0 Å².